The molecule has 0 unspecified atom stereocenters. The van der Waals surface area contributed by atoms with Gasteiger partial charge < -0.3 is 15.4 Å². The summed E-state index contributed by atoms with van der Waals surface area (Å²) < 4.78 is 34.1. The van der Waals surface area contributed by atoms with E-state index >= 15 is 0 Å². The van der Waals surface area contributed by atoms with Gasteiger partial charge in [-0.05, 0) is 54.8 Å². The molecule has 0 saturated heterocycles. The van der Waals surface area contributed by atoms with Crippen LogP contribution in [0.3, 0.4) is 0 Å². The lowest BCUT2D eigenvalue weighted by Crippen LogP contribution is -2.15. The van der Waals surface area contributed by atoms with Crippen molar-refractivity contribution in [1.29, 1.82) is 5.26 Å². The average molecular weight is 505 g/mol. The van der Waals surface area contributed by atoms with E-state index in [1.54, 1.807) is 18.2 Å². The quantitative estimate of drug-likeness (QED) is 0.333. The maximum atomic E-state index is 14.4. The van der Waals surface area contributed by atoms with Gasteiger partial charge in [0.05, 0.1) is 22.3 Å². The molecule has 0 atom stereocenters. The summed E-state index contributed by atoms with van der Waals surface area (Å²) in [6.07, 6.45) is 1.59. The lowest BCUT2D eigenvalue weighted by atomic mass is 10.1. The van der Waals surface area contributed by atoms with Crippen molar-refractivity contribution in [3.8, 4) is 17.6 Å². The second kappa shape index (κ2) is 9.71. The van der Waals surface area contributed by atoms with Crippen LogP contribution in [-0.2, 0) is 16.0 Å². The maximum Gasteiger partial charge on any atom is 0.229 e. The van der Waals surface area contributed by atoms with Gasteiger partial charge in [-0.2, -0.15) is 5.26 Å². The van der Waals surface area contributed by atoms with Crippen LogP contribution in [-0.4, -0.2) is 16.8 Å². The first-order valence-electron chi connectivity index (χ1n) is 11.1. The van der Waals surface area contributed by atoms with Gasteiger partial charge in [-0.25, -0.2) is 13.8 Å². The average Bonchev–Trinajstić information content (AvgIpc) is 3.62. The molecule has 0 bridgehead atoms. The van der Waals surface area contributed by atoms with Crippen LogP contribution in [0, 0.1) is 28.9 Å². The van der Waals surface area contributed by atoms with E-state index < -0.39 is 17.5 Å². The summed E-state index contributed by atoms with van der Waals surface area (Å²) in [6.45, 7) is 0. The van der Waals surface area contributed by atoms with Crippen LogP contribution in [0.4, 0.5) is 19.6 Å². The summed E-state index contributed by atoms with van der Waals surface area (Å²) in [6, 6.07) is 14.7. The first kappa shape index (κ1) is 23.4. The van der Waals surface area contributed by atoms with E-state index in [0.717, 1.165) is 18.9 Å². The fourth-order valence-corrected chi connectivity index (χ4v) is 4.54. The van der Waals surface area contributed by atoms with Crippen LogP contribution in [0.5, 0.6) is 11.5 Å². The van der Waals surface area contributed by atoms with Gasteiger partial charge in [0.15, 0.2) is 5.13 Å². The van der Waals surface area contributed by atoms with E-state index in [1.165, 1.54) is 41.7 Å². The van der Waals surface area contributed by atoms with Crippen LogP contribution in [0.2, 0.25) is 0 Å². The third-order valence-corrected chi connectivity index (χ3v) is 6.51. The zero-order valence-corrected chi connectivity index (χ0v) is 19.5. The third kappa shape index (κ3) is 5.16. The molecule has 0 radical (unpaired) electrons. The van der Waals surface area contributed by atoms with Gasteiger partial charge in [0.1, 0.15) is 34.8 Å². The number of carbonyl (C=O) groups excluding carboxylic acids is 2. The molecular formula is C26H18F2N4O3S. The maximum absolute atomic E-state index is 14.4. The summed E-state index contributed by atoms with van der Waals surface area (Å²) in [4.78, 5) is 28.8. The molecule has 7 nitrogen and oxygen atoms in total. The smallest absolute Gasteiger partial charge is 0.229 e. The molecule has 1 fully saturated rings. The number of nitrogens with zero attached hydrogens (tertiary/aromatic N) is 2. The Labute approximate surface area is 208 Å². The van der Waals surface area contributed by atoms with Crippen molar-refractivity contribution in [2.24, 2.45) is 5.92 Å². The van der Waals surface area contributed by atoms with Gasteiger partial charge in [0, 0.05) is 12.0 Å². The highest BCUT2D eigenvalue weighted by Gasteiger charge is 2.30. The Morgan fingerprint density at radius 2 is 1.94 bits per heavy atom. The highest BCUT2D eigenvalue weighted by atomic mass is 32.1. The number of nitrogens with one attached hydrogen (secondary N) is 2. The number of nitriles is 1. The zero-order chi connectivity index (χ0) is 25.2. The number of hydrogen-bond acceptors (Lipinski definition) is 6. The molecular weight excluding hydrogens is 486 g/mol. The molecule has 3 aromatic carbocycles. The molecule has 36 heavy (non-hydrogen) atoms. The molecule has 1 saturated carbocycles. The number of amides is 2. The minimum Gasteiger partial charge on any atom is -0.456 e. The number of fused-ring (bicyclic) bond motifs is 1. The van der Waals surface area contributed by atoms with Gasteiger partial charge in [0.2, 0.25) is 11.8 Å². The molecule has 2 N–H and O–H groups in total. The van der Waals surface area contributed by atoms with Crippen LogP contribution < -0.4 is 15.4 Å². The molecule has 1 aromatic heterocycles. The molecule has 1 aliphatic carbocycles. The Morgan fingerprint density at radius 3 is 2.69 bits per heavy atom. The van der Waals surface area contributed by atoms with Crippen LogP contribution in [0.1, 0.15) is 24.0 Å². The van der Waals surface area contributed by atoms with Crippen molar-refractivity contribution < 1.29 is 23.1 Å². The Balaban J connectivity index is 1.35. The third-order valence-electron chi connectivity index (χ3n) is 5.50. The minimum atomic E-state index is -0.676. The molecule has 10 heteroatoms. The van der Waals surface area contributed by atoms with Crippen LogP contribution in [0.15, 0.2) is 54.6 Å². The summed E-state index contributed by atoms with van der Waals surface area (Å²) in [5, 5.41) is 15.4. The Kier molecular flexibility index (Phi) is 6.31. The van der Waals surface area contributed by atoms with E-state index in [1.807, 2.05) is 0 Å². The van der Waals surface area contributed by atoms with Gasteiger partial charge in [-0.1, -0.05) is 23.5 Å². The number of carbonyl (C=O) groups is 2. The largest absolute Gasteiger partial charge is 0.456 e. The number of hydrogen-bond donors (Lipinski definition) is 2. The summed E-state index contributed by atoms with van der Waals surface area (Å²) in [7, 11) is 0. The number of thiazole rings is 1. The molecule has 0 aliphatic heterocycles. The molecule has 2 amide bonds. The predicted molar refractivity (Wildman–Crippen MR) is 131 cm³/mol. The minimum absolute atomic E-state index is 0.0216. The van der Waals surface area contributed by atoms with Crippen molar-refractivity contribution in [3.05, 3.63) is 77.4 Å². The second-order valence-corrected chi connectivity index (χ2v) is 9.28. The number of benzene rings is 3. The molecule has 1 aliphatic rings. The highest BCUT2D eigenvalue weighted by molar-refractivity contribution is 7.22. The summed E-state index contributed by atoms with van der Waals surface area (Å²) in [5.74, 6) is -1.32. The SMILES string of the molecule is N#Cc1c(Oc2ccc(F)c(NC(=O)Cc3cccc(F)c3)c2)ccc2nc(NC(=O)C3CC3)sc12. The fourth-order valence-electron chi connectivity index (χ4n) is 3.59. The van der Waals surface area contributed by atoms with Gasteiger partial charge >= 0.3 is 0 Å². The monoisotopic (exact) mass is 504 g/mol. The van der Waals surface area contributed by atoms with Gasteiger partial charge in [0.25, 0.3) is 0 Å². The fraction of sp³-hybridized carbons (Fsp3) is 0.154. The highest BCUT2D eigenvalue weighted by Crippen LogP contribution is 2.37. The van der Waals surface area contributed by atoms with Gasteiger partial charge in [-0.15, -0.1) is 0 Å². The van der Waals surface area contributed by atoms with E-state index in [4.69, 9.17) is 4.74 Å². The lowest BCUT2D eigenvalue weighted by Gasteiger charge is -2.11. The number of anilines is 2. The topological polar surface area (TPSA) is 104 Å². The second-order valence-electron chi connectivity index (χ2n) is 8.28. The Morgan fingerprint density at radius 1 is 1.11 bits per heavy atom. The number of ether oxygens (including phenoxy) is 1. The van der Waals surface area contributed by atoms with Crippen molar-refractivity contribution in [1.82, 2.24) is 4.98 Å². The molecule has 180 valence electrons. The molecule has 4 aromatic rings. The molecule has 1 heterocycles. The first-order chi connectivity index (χ1) is 17.4. The first-order valence-corrected chi connectivity index (χ1v) is 11.9. The number of halogens is 2. The van der Waals surface area contributed by atoms with Crippen LogP contribution >= 0.6 is 11.3 Å². The normalized spacial score (nSPS) is 12.7. The summed E-state index contributed by atoms with van der Waals surface area (Å²) in [5.41, 5.74) is 1.10. The van der Waals surface area contributed by atoms with Crippen LogP contribution in [0.25, 0.3) is 10.2 Å². The van der Waals surface area contributed by atoms with E-state index in [9.17, 15) is 23.6 Å². The number of aromatic nitrogens is 1. The Bertz CT molecular complexity index is 1540. The molecule has 0 spiro atoms. The standard InChI is InChI=1S/C26H18F2N4O3S/c27-16-3-1-2-14(10-16)11-23(33)30-21-12-17(6-7-19(21)28)35-22-9-8-20-24(18(22)13-29)36-26(31-20)32-25(34)15-4-5-15/h1-3,6-10,12,15H,4-5,11H2,(H,30,33)(H,31,32,34). The summed E-state index contributed by atoms with van der Waals surface area (Å²) >= 11 is 1.17. The molecule has 5 rings (SSSR count). The zero-order valence-electron chi connectivity index (χ0n) is 18.7. The van der Waals surface area contributed by atoms with Crippen molar-refractivity contribution in [3.63, 3.8) is 0 Å². The predicted octanol–water partition coefficient (Wildman–Crippen LogP) is 5.77. The van der Waals surface area contributed by atoms with E-state index in [2.05, 4.69) is 21.7 Å². The van der Waals surface area contributed by atoms with Crippen molar-refractivity contribution >= 4 is 44.2 Å². The van der Waals surface area contributed by atoms with Gasteiger partial charge in [-0.3, -0.25) is 9.59 Å². The van der Waals surface area contributed by atoms with Crippen molar-refractivity contribution in [2.45, 2.75) is 19.3 Å². The Hall–Kier alpha value is -4.36. The number of rotatable bonds is 7. The van der Waals surface area contributed by atoms with E-state index in [0.29, 0.717) is 20.9 Å². The lowest BCUT2D eigenvalue weighted by molar-refractivity contribution is -0.117. The van der Waals surface area contributed by atoms with Crippen molar-refractivity contribution in [2.75, 3.05) is 10.6 Å². The van der Waals surface area contributed by atoms with E-state index in [-0.39, 0.29) is 41.0 Å².